The molecule has 22 heavy (non-hydrogen) atoms. The lowest BCUT2D eigenvalue weighted by atomic mass is 10.0. The largest absolute Gasteiger partial charge is 0.456 e. The van der Waals surface area contributed by atoms with Gasteiger partial charge in [-0.3, -0.25) is 0 Å². The Labute approximate surface area is 134 Å². The van der Waals surface area contributed by atoms with Crippen molar-refractivity contribution in [3.63, 3.8) is 0 Å². The van der Waals surface area contributed by atoms with Gasteiger partial charge >= 0.3 is 5.97 Å². The molecular formula is C18H30N2O2. The second kappa shape index (κ2) is 6.59. The maximum Gasteiger partial charge on any atom is 0.340 e. The SMILES string of the molecule is C\C=C1/C(=C\C(=C/N)C(=O)OC(C)(C)C)CCN1C(C)(C)C. The summed E-state index contributed by atoms with van der Waals surface area (Å²) >= 11 is 0. The number of nitrogens with zero attached hydrogens (tertiary/aromatic N) is 1. The quantitative estimate of drug-likeness (QED) is 0.626. The highest BCUT2D eigenvalue weighted by Crippen LogP contribution is 2.34. The number of hydrogen-bond acceptors (Lipinski definition) is 4. The number of esters is 1. The molecule has 1 aliphatic heterocycles. The zero-order chi connectivity index (χ0) is 17.1. The number of allylic oxidation sites excluding steroid dienone is 2. The van der Waals surface area contributed by atoms with E-state index in [1.165, 1.54) is 6.20 Å². The van der Waals surface area contributed by atoms with Gasteiger partial charge in [-0.1, -0.05) is 6.08 Å². The van der Waals surface area contributed by atoms with Gasteiger partial charge in [0.05, 0.1) is 5.57 Å². The molecule has 2 N–H and O–H groups in total. The number of ether oxygens (including phenoxy) is 1. The lowest BCUT2D eigenvalue weighted by Crippen LogP contribution is -2.37. The molecule has 1 aliphatic rings. The van der Waals surface area contributed by atoms with Crippen molar-refractivity contribution in [3.05, 3.63) is 35.2 Å². The van der Waals surface area contributed by atoms with E-state index in [4.69, 9.17) is 10.5 Å². The van der Waals surface area contributed by atoms with Gasteiger partial charge in [0.25, 0.3) is 0 Å². The van der Waals surface area contributed by atoms with Crippen molar-refractivity contribution in [2.24, 2.45) is 5.73 Å². The highest BCUT2D eigenvalue weighted by molar-refractivity contribution is 5.92. The minimum Gasteiger partial charge on any atom is -0.456 e. The Bertz CT molecular complexity index is 514. The van der Waals surface area contributed by atoms with Crippen LogP contribution in [0.25, 0.3) is 0 Å². The maximum atomic E-state index is 12.2. The first-order valence-electron chi connectivity index (χ1n) is 7.79. The molecule has 0 bridgehead atoms. The average molecular weight is 306 g/mol. The van der Waals surface area contributed by atoms with Crippen LogP contribution in [0.2, 0.25) is 0 Å². The average Bonchev–Trinajstić information content (AvgIpc) is 2.75. The number of carbonyl (C=O) groups excluding carboxylic acids is 1. The van der Waals surface area contributed by atoms with Gasteiger partial charge in [-0.05, 0) is 66.5 Å². The lowest BCUT2D eigenvalue weighted by molar-refractivity contribution is -0.149. The highest BCUT2D eigenvalue weighted by atomic mass is 16.6. The Hall–Kier alpha value is -1.71. The molecular weight excluding hydrogens is 276 g/mol. The van der Waals surface area contributed by atoms with Gasteiger partial charge in [-0.15, -0.1) is 0 Å². The highest BCUT2D eigenvalue weighted by Gasteiger charge is 2.30. The van der Waals surface area contributed by atoms with Crippen LogP contribution < -0.4 is 5.73 Å². The fourth-order valence-corrected chi connectivity index (χ4v) is 2.54. The number of carbonyl (C=O) groups is 1. The van der Waals surface area contributed by atoms with Gasteiger partial charge in [0.1, 0.15) is 5.60 Å². The van der Waals surface area contributed by atoms with E-state index < -0.39 is 5.60 Å². The van der Waals surface area contributed by atoms with Crippen molar-refractivity contribution in [2.45, 2.75) is 66.0 Å². The van der Waals surface area contributed by atoms with Crippen LogP contribution in [0, 0.1) is 0 Å². The molecule has 0 spiro atoms. The number of hydrogen-bond donors (Lipinski definition) is 1. The first kappa shape index (κ1) is 18.3. The molecule has 0 atom stereocenters. The van der Waals surface area contributed by atoms with E-state index in [9.17, 15) is 4.79 Å². The summed E-state index contributed by atoms with van der Waals surface area (Å²) in [6.07, 6.45) is 6.17. The van der Waals surface area contributed by atoms with Crippen molar-refractivity contribution < 1.29 is 9.53 Å². The van der Waals surface area contributed by atoms with Gasteiger partial charge in [0.15, 0.2) is 0 Å². The van der Waals surface area contributed by atoms with Crippen molar-refractivity contribution in [1.29, 1.82) is 0 Å². The predicted molar refractivity (Wildman–Crippen MR) is 91.0 cm³/mol. The molecule has 4 heteroatoms. The van der Waals surface area contributed by atoms with Crippen LogP contribution in [-0.4, -0.2) is 28.6 Å². The van der Waals surface area contributed by atoms with Crippen LogP contribution in [0.5, 0.6) is 0 Å². The van der Waals surface area contributed by atoms with Crippen molar-refractivity contribution in [3.8, 4) is 0 Å². The van der Waals surface area contributed by atoms with E-state index in [0.29, 0.717) is 5.57 Å². The van der Waals surface area contributed by atoms with E-state index in [0.717, 1.165) is 24.2 Å². The van der Waals surface area contributed by atoms with Crippen LogP contribution in [0.4, 0.5) is 0 Å². The number of likely N-dealkylation sites (tertiary alicyclic amines) is 1. The second-order valence-corrected chi connectivity index (χ2v) is 7.54. The van der Waals surface area contributed by atoms with Gasteiger partial charge in [0.2, 0.25) is 0 Å². The van der Waals surface area contributed by atoms with Crippen LogP contribution in [0.1, 0.15) is 54.9 Å². The third-order valence-corrected chi connectivity index (χ3v) is 3.45. The fourth-order valence-electron chi connectivity index (χ4n) is 2.54. The summed E-state index contributed by atoms with van der Waals surface area (Å²) in [6.45, 7) is 15.1. The molecule has 124 valence electrons. The van der Waals surface area contributed by atoms with Crippen LogP contribution >= 0.6 is 0 Å². The Morgan fingerprint density at radius 2 is 1.82 bits per heavy atom. The molecule has 1 fully saturated rings. The Morgan fingerprint density at radius 1 is 1.23 bits per heavy atom. The molecule has 0 radical (unpaired) electrons. The number of rotatable bonds is 2. The smallest absolute Gasteiger partial charge is 0.340 e. The van der Waals surface area contributed by atoms with Gasteiger partial charge < -0.3 is 15.4 Å². The zero-order valence-electron chi connectivity index (χ0n) is 15.0. The minimum atomic E-state index is -0.527. The molecule has 0 aromatic heterocycles. The summed E-state index contributed by atoms with van der Waals surface area (Å²) in [5.74, 6) is -0.382. The van der Waals surface area contributed by atoms with E-state index in [1.807, 2.05) is 33.8 Å². The van der Waals surface area contributed by atoms with Gasteiger partial charge in [-0.2, -0.15) is 0 Å². The Morgan fingerprint density at radius 3 is 2.23 bits per heavy atom. The third-order valence-electron chi connectivity index (χ3n) is 3.45. The number of nitrogens with two attached hydrogens (primary N) is 1. The molecule has 0 aromatic rings. The Balaban J connectivity index is 3.03. The standard InChI is InChI=1S/C18H30N2O2/c1-8-15-13(9-10-20(15)17(2,3)4)11-14(12-19)16(21)22-18(5,6)7/h8,11-12H,9-10,19H2,1-7H3/b13-11-,14-12+,15-8+. The Kier molecular flexibility index (Phi) is 5.49. The normalized spacial score (nSPS) is 20.9. The second-order valence-electron chi connectivity index (χ2n) is 7.54. The van der Waals surface area contributed by atoms with Crippen molar-refractivity contribution in [2.75, 3.05) is 6.54 Å². The van der Waals surface area contributed by atoms with Crippen LogP contribution in [-0.2, 0) is 9.53 Å². The predicted octanol–water partition coefficient (Wildman–Crippen LogP) is 3.51. The third kappa shape index (κ3) is 4.65. The van der Waals surface area contributed by atoms with Crippen molar-refractivity contribution in [1.82, 2.24) is 4.90 Å². The minimum absolute atomic E-state index is 0.0515. The van der Waals surface area contributed by atoms with E-state index >= 15 is 0 Å². The van der Waals surface area contributed by atoms with Crippen molar-refractivity contribution >= 4 is 5.97 Å². The first-order chi connectivity index (χ1) is 9.99. The summed E-state index contributed by atoms with van der Waals surface area (Å²) in [5, 5.41) is 0. The summed E-state index contributed by atoms with van der Waals surface area (Å²) in [4.78, 5) is 14.6. The lowest BCUT2D eigenvalue weighted by Gasteiger charge is -2.35. The fraction of sp³-hybridized carbons (Fsp3) is 0.611. The monoisotopic (exact) mass is 306 g/mol. The molecule has 1 heterocycles. The molecule has 0 aromatic carbocycles. The van der Waals surface area contributed by atoms with Crippen LogP contribution in [0.3, 0.4) is 0 Å². The van der Waals surface area contributed by atoms with E-state index in [-0.39, 0.29) is 11.5 Å². The molecule has 1 rings (SSSR count). The molecule has 0 aliphatic carbocycles. The van der Waals surface area contributed by atoms with Crippen LogP contribution in [0.15, 0.2) is 35.2 Å². The van der Waals surface area contributed by atoms with E-state index in [2.05, 4.69) is 31.7 Å². The topological polar surface area (TPSA) is 55.6 Å². The molecule has 1 saturated heterocycles. The first-order valence-corrected chi connectivity index (χ1v) is 7.79. The molecule has 0 unspecified atom stereocenters. The molecule has 0 saturated carbocycles. The zero-order valence-corrected chi connectivity index (χ0v) is 15.0. The summed E-state index contributed by atoms with van der Waals surface area (Å²) in [5.41, 5.74) is 7.85. The summed E-state index contributed by atoms with van der Waals surface area (Å²) in [6, 6.07) is 0. The van der Waals surface area contributed by atoms with Gasteiger partial charge in [0, 0.05) is 24.0 Å². The van der Waals surface area contributed by atoms with E-state index in [1.54, 1.807) is 0 Å². The maximum absolute atomic E-state index is 12.2. The molecule has 4 nitrogen and oxygen atoms in total. The van der Waals surface area contributed by atoms with Gasteiger partial charge in [-0.25, -0.2) is 4.79 Å². The summed E-state index contributed by atoms with van der Waals surface area (Å²) in [7, 11) is 0. The summed E-state index contributed by atoms with van der Waals surface area (Å²) < 4.78 is 5.40. The molecule has 0 amide bonds.